The Bertz CT molecular complexity index is 1370. The number of benzene rings is 3. The van der Waals surface area contributed by atoms with Gasteiger partial charge in [0.15, 0.2) is 5.82 Å². The van der Waals surface area contributed by atoms with Crippen molar-refractivity contribution in [3.63, 3.8) is 0 Å². The topological polar surface area (TPSA) is 71.9 Å². The molecule has 0 spiro atoms. The van der Waals surface area contributed by atoms with Crippen molar-refractivity contribution in [2.45, 2.75) is 6.54 Å². The van der Waals surface area contributed by atoms with E-state index in [2.05, 4.69) is 33.4 Å². The molecule has 0 unspecified atom stereocenters. The predicted molar refractivity (Wildman–Crippen MR) is 139 cm³/mol. The van der Waals surface area contributed by atoms with Gasteiger partial charge in [0, 0.05) is 42.5 Å². The molecule has 1 fully saturated rings. The predicted octanol–water partition coefficient (Wildman–Crippen LogP) is 4.68. The Labute approximate surface area is 204 Å². The number of ether oxygens (including phenoxy) is 2. The fraction of sp³-hybridized carbons (Fsp3) is 0.250. The lowest BCUT2D eigenvalue weighted by atomic mass is 10.1. The van der Waals surface area contributed by atoms with Crippen LogP contribution in [0.3, 0.4) is 0 Å². The van der Waals surface area contributed by atoms with Gasteiger partial charge in [-0.25, -0.2) is 9.97 Å². The first kappa shape index (κ1) is 21.7. The van der Waals surface area contributed by atoms with Crippen LogP contribution in [0.4, 0.5) is 11.5 Å². The van der Waals surface area contributed by atoms with E-state index in [1.54, 1.807) is 0 Å². The number of aromatic nitrogens is 2. The van der Waals surface area contributed by atoms with Crippen molar-refractivity contribution in [2.24, 2.45) is 4.99 Å². The highest BCUT2D eigenvalue weighted by molar-refractivity contribution is 5.94. The van der Waals surface area contributed by atoms with Gasteiger partial charge in [-0.3, -0.25) is 9.89 Å². The van der Waals surface area contributed by atoms with Gasteiger partial charge >= 0.3 is 0 Å². The van der Waals surface area contributed by atoms with Crippen LogP contribution in [-0.4, -0.2) is 60.5 Å². The molecule has 0 radical (unpaired) electrons. The van der Waals surface area contributed by atoms with Crippen molar-refractivity contribution >= 4 is 28.6 Å². The van der Waals surface area contributed by atoms with Gasteiger partial charge in [-0.15, -0.1) is 0 Å². The van der Waals surface area contributed by atoms with E-state index in [-0.39, 0.29) is 0 Å². The summed E-state index contributed by atoms with van der Waals surface area (Å²) in [7, 11) is 0. The van der Waals surface area contributed by atoms with Gasteiger partial charge < -0.3 is 14.8 Å². The molecule has 1 N–H and O–H groups in total. The summed E-state index contributed by atoms with van der Waals surface area (Å²) in [4.78, 5) is 16.5. The lowest BCUT2D eigenvalue weighted by Gasteiger charge is -2.26. The van der Waals surface area contributed by atoms with Gasteiger partial charge in [0.05, 0.1) is 25.3 Å². The first-order valence-electron chi connectivity index (χ1n) is 12.0. The molecule has 0 aliphatic carbocycles. The molecule has 35 heavy (non-hydrogen) atoms. The monoisotopic (exact) mass is 465 g/mol. The molecule has 3 aromatic carbocycles. The molecule has 1 aromatic heterocycles. The minimum atomic E-state index is 0.626. The molecule has 0 saturated carbocycles. The van der Waals surface area contributed by atoms with Crippen LogP contribution in [0.25, 0.3) is 22.3 Å². The average Bonchev–Trinajstić information content (AvgIpc) is 3.38. The van der Waals surface area contributed by atoms with Gasteiger partial charge in [-0.1, -0.05) is 36.4 Å². The summed E-state index contributed by atoms with van der Waals surface area (Å²) < 4.78 is 11.5. The summed E-state index contributed by atoms with van der Waals surface area (Å²) in [6.07, 6.45) is 1.93. The average molecular weight is 466 g/mol. The Morgan fingerprint density at radius 1 is 0.943 bits per heavy atom. The standard InChI is InChI=1S/C28H27N5O2/c1-2-4-20(5-3-1)27-31-26-9-8-24(35-15-12-33-10-13-34-14-11-33)17-25(26)28(32-27)30-23-7-6-21-18-29-19-22(21)16-23/h1-9,16-17,19H,10-15,18H2,(H,30,31,32). The van der Waals surface area contributed by atoms with E-state index in [9.17, 15) is 0 Å². The second-order valence-electron chi connectivity index (χ2n) is 8.75. The SMILES string of the molecule is C1=NCc2ccc(Nc3nc(-c4ccccc4)nc4ccc(OCCN5CCOCC5)cc34)cc21. The van der Waals surface area contributed by atoms with Crippen LogP contribution >= 0.6 is 0 Å². The Morgan fingerprint density at radius 3 is 2.71 bits per heavy atom. The molecule has 0 amide bonds. The van der Waals surface area contributed by atoms with E-state index >= 15 is 0 Å². The maximum absolute atomic E-state index is 6.11. The Kier molecular flexibility index (Phi) is 6.09. The number of rotatable bonds is 7. The van der Waals surface area contributed by atoms with Crippen molar-refractivity contribution in [1.29, 1.82) is 0 Å². The highest BCUT2D eigenvalue weighted by Crippen LogP contribution is 2.31. The molecule has 2 aliphatic heterocycles. The zero-order valence-corrected chi connectivity index (χ0v) is 19.5. The van der Waals surface area contributed by atoms with E-state index in [0.29, 0.717) is 12.4 Å². The maximum Gasteiger partial charge on any atom is 0.162 e. The van der Waals surface area contributed by atoms with E-state index in [0.717, 1.165) is 78.7 Å². The molecule has 2 aliphatic rings. The lowest BCUT2D eigenvalue weighted by Crippen LogP contribution is -2.38. The number of anilines is 2. The maximum atomic E-state index is 6.11. The minimum Gasteiger partial charge on any atom is -0.492 e. The summed E-state index contributed by atoms with van der Waals surface area (Å²) in [5.74, 6) is 2.25. The molecule has 3 heterocycles. The van der Waals surface area contributed by atoms with Gasteiger partial charge in [0.25, 0.3) is 0 Å². The Balaban J connectivity index is 1.31. The van der Waals surface area contributed by atoms with Crippen molar-refractivity contribution in [3.05, 3.63) is 77.9 Å². The third kappa shape index (κ3) is 4.87. The van der Waals surface area contributed by atoms with E-state index < -0.39 is 0 Å². The molecular formula is C28H27N5O2. The quantitative estimate of drug-likeness (QED) is 0.427. The van der Waals surface area contributed by atoms with Crippen LogP contribution in [0.15, 0.2) is 71.7 Å². The Hall–Kier alpha value is -3.81. The van der Waals surface area contributed by atoms with Crippen LogP contribution in [0.2, 0.25) is 0 Å². The molecule has 1 saturated heterocycles. The zero-order chi connectivity index (χ0) is 23.5. The number of morpholine rings is 1. The first-order valence-corrected chi connectivity index (χ1v) is 12.0. The second-order valence-corrected chi connectivity index (χ2v) is 8.75. The second kappa shape index (κ2) is 9.82. The van der Waals surface area contributed by atoms with Crippen molar-refractivity contribution in [1.82, 2.24) is 14.9 Å². The fourth-order valence-corrected chi connectivity index (χ4v) is 4.44. The molecule has 4 aromatic rings. The fourth-order valence-electron chi connectivity index (χ4n) is 4.44. The van der Waals surface area contributed by atoms with E-state index in [1.807, 2.05) is 54.7 Å². The van der Waals surface area contributed by atoms with Crippen LogP contribution < -0.4 is 10.1 Å². The van der Waals surface area contributed by atoms with E-state index in [4.69, 9.17) is 19.4 Å². The number of nitrogens with zero attached hydrogens (tertiary/aromatic N) is 4. The van der Waals surface area contributed by atoms with Crippen LogP contribution in [0.5, 0.6) is 5.75 Å². The number of hydrogen-bond donors (Lipinski definition) is 1. The first-order chi connectivity index (χ1) is 17.3. The number of fused-ring (bicyclic) bond motifs is 2. The van der Waals surface area contributed by atoms with Gasteiger partial charge in [-0.05, 0) is 41.5 Å². The van der Waals surface area contributed by atoms with Crippen molar-refractivity contribution in [2.75, 3.05) is 44.8 Å². The number of aliphatic imine (C=N–C) groups is 1. The minimum absolute atomic E-state index is 0.626. The molecule has 6 rings (SSSR count). The highest BCUT2D eigenvalue weighted by atomic mass is 16.5. The molecule has 7 heteroatoms. The summed E-state index contributed by atoms with van der Waals surface area (Å²) in [5, 5.41) is 4.45. The zero-order valence-electron chi connectivity index (χ0n) is 19.5. The van der Waals surface area contributed by atoms with Crippen LogP contribution in [0, 0.1) is 0 Å². The Morgan fingerprint density at radius 2 is 1.83 bits per heavy atom. The van der Waals surface area contributed by atoms with E-state index in [1.165, 1.54) is 5.56 Å². The van der Waals surface area contributed by atoms with Gasteiger partial charge in [-0.2, -0.15) is 0 Å². The van der Waals surface area contributed by atoms with Crippen molar-refractivity contribution in [3.8, 4) is 17.1 Å². The summed E-state index contributed by atoms with van der Waals surface area (Å²) in [6, 6.07) is 22.4. The third-order valence-electron chi connectivity index (χ3n) is 6.38. The molecule has 0 bridgehead atoms. The molecular weight excluding hydrogens is 438 g/mol. The normalized spacial score (nSPS) is 15.3. The molecule has 176 valence electrons. The van der Waals surface area contributed by atoms with Crippen molar-refractivity contribution < 1.29 is 9.47 Å². The highest BCUT2D eigenvalue weighted by Gasteiger charge is 2.14. The number of hydrogen-bond acceptors (Lipinski definition) is 7. The third-order valence-corrected chi connectivity index (χ3v) is 6.38. The van der Waals surface area contributed by atoms with Gasteiger partial charge in [0.2, 0.25) is 0 Å². The smallest absolute Gasteiger partial charge is 0.162 e. The molecule has 0 atom stereocenters. The summed E-state index contributed by atoms with van der Waals surface area (Å²) >= 11 is 0. The number of nitrogens with one attached hydrogen (secondary N) is 1. The lowest BCUT2D eigenvalue weighted by molar-refractivity contribution is 0.0322. The largest absolute Gasteiger partial charge is 0.492 e. The summed E-state index contributed by atoms with van der Waals surface area (Å²) in [5.41, 5.74) is 5.19. The molecule has 7 nitrogen and oxygen atoms in total. The van der Waals surface area contributed by atoms with Crippen LogP contribution in [0.1, 0.15) is 11.1 Å². The summed E-state index contributed by atoms with van der Waals surface area (Å²) in [6.45, 7) is 5.75. The van der Waals surface area contributed by atoms with Crippen LogP contribution in [-0.2, 0) is 11.3 Å². The van der Waals surface area contributed by atoms with Gasteiger partial charge in [0.1, 0.15) is 18.2 Å².